The van der Waals surface area contributed by atoms with Gasteiger partial charge in [0.1, 0.15) is 5.52 Å². The fourth-order valence-corrected chi connectivity index (χ4v) is 1.52. The Labute approximate surface area is 87.9 Å². The lowest BCUT2D eigenvalue weighted by atomic mass is 10.1. The normalized spacial score (nSPS) is 10.9. The highest BCUT2D eigenvalue weighted by Crippen LogP contribution is 2.14. The Bertz CT molecular complexity index is 413. The Morgan fingerprint density at radius 1 is 1.43 bits per heavy atom. The van der Waals surface area contributed by atoms with Crippen LogP contribution in [0.25, 0.3) is 11.1 Å². The lowest BCUT2D eigenvalue weighted by molar-refractivity contribution is 0.601. The summed E-state index contributed by atoms with van der Waals surface area (Å²) in [5.74, 6) is 0.713. The summed E-state index contributed by atoms with van der Waals surface area (Å²) in [6.45, 7) is 0.934. The largest absolute Gasteiger partial charge is 0.443 e. The molecular weight excluding hydrogens is 196 g/mol. The van der Waals surface area contributed by atoms with E-state index >= 15 is 0 Å². The third-order valence-corrected chi connectivity index (χ3v) is 2.32. The van der Waals surface area contributed by atoms with E-state index in [1.54, 1.807) is 0 Å². The van der Waals surface area contributed by atoms with Gasteiger partial charge in [0.15, 0.2) is 12.0 Å². The molecule has 0 aliphatic heterocycles. The predicted octanol–water partition coefficient (Wildman–Crippen LogP) is 1.85. The molecule has 0 bridgehead atoms. The molecular formula is C10H12N2OS. The molecule has 0 amide bonds. The van der Waals surface area contributed by atoms with Crippen LogP contribution in [0.5, 0.6) is 0 Å². The van der Waals surface area contributed by atoms with E-state index in [1.807, 2.05) is 12.1 Å². The Kier molecular flexibility index (Phi) is 3.06. The molecule has 14 heavy (non-hydrogen) atoms. The summed E-state index contributed by atoms with van der Waals surface area (Å²) >= 11 is 4.08. The van der Waals surface area contributed by atoms with E-state index in [9.17, 15) is 0 Å². The van der Waals surface area contributed by atoms with Gasteiger partial charge in [-0.3, -0.25) is 0 Å². The zero-order valence-electron chi connectivity index (χ0n) is 7.73. The van der Waals surface area contributed by atoms with Crippen LogP contribution in [0.4, 0.5) is 0 Å². The minimum atomic E-state index is 0.713. The second-order valence-electron chi connectivity index (χ2n) is 3.06. The summed E-state index contributed by atoms with van der Waals surface area (Å²) in [4.78, 5) is 4.06. The maximum Gasteiger partial charge on any atom is 0.181 e. The van der Waals surface area contributed by atoms with Gasteiger partial charge in [0.25, 0.3) is 0 Å². The van der Waals surface area contributed by atoms with Crippen LogP contribution in [0, 0.1) is 0 Å². The van der Waals surface area contributed by atoms with Gasteiger partial charge in [-0.15, -0.1) is 0 Å². The molecule has 0 atom stereocenters. The fourth-order valence-electron chi connectivity index (χ4n) is 1.37. The Morgan fingerprint density at radius 3 is 3.21 bits per heavy atom. The van der Waals surface area contributed by atoms with E-state index in [-0.39, 0.29) is 0 Å². The van der Waals surface area contributed by atoms with Crippen LogP contribution >= 0.6 is 12.6 Å². The van der Waals surface area contributed by atoms with Crippen LogP contribution in [0.2, 0.25) is 0 Å². The molecule has 1 aromatic carbocycles. The average molecular weight is 208 g/mol. The lowest BCUT2D eigenvalue weighted by Crippen LogP contribution is -2.14. The van der Waals surface area contributed by atoms with Crippen LogP contribution in [-0.2, 0) is 6.42 Å². The number of hydrogen-bond acceptors (Lipinski definition) is 4. The van der Waals surface area contributed by atoms with Crippen LogP contribution < -0.4 is 5.32 Å². The molecule has 2 rings (SSSR count). The quantitative estimate of drug-likeness (QED) is 0.457. The van der Waals surface area contributed by atoms with E-state index < -0.39 is 0 Å². The number of rotatable bonds is 4. The molecule has 74 valence electrons. The standard InChI is InChI=1S/C10H12N2OS/c14-7-11-4-3-8-1-2-9-10(5-8)13-6-12-9/h1-2,5-6,11,14H,3-4,7H2. The van der Waals surface area contributed by atoms with E-state index in [4.69, 9.17) is 4.42 Å². The van der Waals surface area contributed by atoms with Crippen LogP contribution in [0.15, 0.2) is 29.0 Å². The van der Waals surface area contributed by atoms with Crippen molar-refractivity contribution in [1.29, 1.82) is 0 Å². The third kappa shape index (κ3) is 2.08. The molecule has 0 spiro atoms. The monoisotopic (exact) mass is 208 g/mol. The molecule has 1 aromatic heterocycles. The zero-order valence-corrected chi connectivity index (χ0v) is 8.63. The van der Waals surface area contributed by atoms with E-state index in [2.05, 4.69) is 29.0 Å². The van der Waals surface area contributed by atoms with Gasteiger partial charge in [-0.25, -0.2) is 4.98 Å². The molecule has 2 aromatic rings. The number of oxazole rings is 1. The maximum atomic E-state index is 5.22. The maximum absolute atomic E-state index is 5.22. The molecule has 4 heteroatoms. The van der Waals surface area contributed by atoms with Crippen molar-refractivity contribution in [2.24, 2.45) is 0 Å². The number of nitrogens with one attached hydrogen (secondary N) is 1. The molecule has 0 fully saturated rings. The first kappa shape index (κ1) is 9.55. The van der Waals surface area contributed by atoms with Gasteiger partial charge >= 0.3 is 0 Å². The van der Waals surface area contributed by atoms with Gasteiger partial charge in [0.2, 0.25) is 0 Å². The topological polar surface area (TPSA) is 38.1 Å². The van der Waals surface area contributed by atoms with Crippen molar-refractivity contribution in [3.63, 3.8) is 0 Å². The SMILES string of the molecule is SCNCCc1ccc2ncoc2c1. The first-order valence-electron chi connectivity index (χ1n) is 4.54. The summed E-state index contributed by atoms with van der Waals surface area (Å²) in [6.07, 6.45) is 2.46. The van der Waals surface area contributed by atoms with Crippen molar-refractivity contribution in [1.82, 2.24) is 10.3 Å². The van der Waals surface area contributed by atoms with E-state index in [1.165, 1.54) is 12.0 Å². The molecule has 0 aliphatic rings. The van der Waals surface area contributed by atoms with Gasteiger partial charge in [0.05, 0.1) is 0 Å². The third-order valence-electron chi connectivity index (χ3n) is 2.10. The van der Waals surface area contributed by atoms with Crippen LogP contribution in [0.1, 0.15) is 5.56 Å². The number of aromatic nitrogens is 1. The second kappa shape index (κ2) is 4.48. The highest BCUT2D eigenvalue weighted by atomic mass is 32.1. The minimum Gasteiger partial charge on any atom is -0.443 e. The fraction of sp³-hybridized carbons (Fsp3) is 0.300. The molecule has 0 radical (unpaired) electrons. The predicted molar refractivity (Wildman–Crippen MR) is 59.6 cm³/mol. The first-order valence-corrected chi connectivity index (χ1v) is 5.17. The smallest absolute Gasteiger partial charge is 0.181 e. The highest BCUT2D eigenvalue weighted by Gasteiger charge is 1.99. The molecule has 1 heterocycles. The Balaban J connectivity index is 2.10. The number of thiol groups is 1. The lowest BCUT2D eigenvalue weighted by Gasteiger charge is -2.00. The molecule has 1 N–H and O–H groups in total. The molecule has 0 aliphatic carbocycles. The number of hydrogen-bond donors (Lipinski definition) is 2. The van der Waals surface area contributed by atoms with Crippen LogP contribution in [-0.4, -0.2) is 17.4 Å². The highest BCUT2D eigenvalue weighted by molar-refractivity contribution is 7.80. The van der Waals surface area contributed by atoms with Crippen molar-refractivity contribution in [2.45, 2.75) is 6.42 Å². The summed E-state index contributed by atoms with van der Waals surface area (Å²) in [5.41, 5.74) is 3.02. The van der Waals surface area contributed by atoms with Gasteiger partial charge in [-0.1, -0.05) is 6.07 Å². The van der Waals surface area contributed by atoms with Gasteiger partial charge < -0.3 is 9.73 Å². The van der Waals surface area contributed by atoms with Gasteiger partial charge in [-0.2, -0.15) is 12.6 Å². The second-order valence-corrected chi connectivity index (χ2v) is 3.38. The first-order chi connectivity index (χ1) is 6.90. The van der Waals surface area contributed by atoms with Crippen molar-refractivity contribution < 1.29 is 4.42 Å². The molecule has 0 saturated heterocycles. The zero-order chi connectivity index (χ0) is 9.80. The van der Waals surface area contributed by atoms with Crippen LogP contribution in [0.3, 0.4) is 0 Å². The summed E-state index contributed by atoms with van der Waals surface area (Å²) in [7, 11) is 0. The minimum absolute atomic E-state index is 0.713. The van der Waals surface area contributed by atoms with Crippen molar-refractivity contribution in [2.75, 3.05) is 12.4 Å². The van der Waals surface area contributed by atoms with Crippen molar-refractivity contribution >= 4 is 23.7 Å². The van der Waals surface area contributed by atoms with Crippen molar-refractivity contribution in [3.05, 3.63) is 30.2 Å². The molecule has 3 nitrogen and oxygen atoms in total. The molecule has 0 unspecified atom stereocenters. The van der Waals surface area contributed by atoms with Gasteiger partial charge in [0, 0.05) is 5.88 Å². The number of benzene rings is 1. The Morgan fingerprint density at radius 2 is 2.36 bits per heavy atom. The average Bonchev–Trinajstić information content (AvgIpc) is 2.65. The number of nitrogens with zero attached hydrogens (tertiary/aromatic N) is 1. The number of fused-ring (bicyclic) bond motifs is 1. The molecule has 0 saturated carbocycles. The van der Waals surface area contributed by atoms with Gasteiger partial charge in [-0.05, 0) is 30.7 Å². The van der Waals surface area contributed by atoms with E-state index in [0.29, 0.717) is 5.88 Å². The summed E-state index contributed by atoms with van der Waals surface area (Å²) in [5, 5.41) is 3.16. The summed E-state index contributed by atoms with van der Waals surface area (Å²) in [6, 6.07) is 6.09. The van der Waals surface area contributed by atoms with E-state index in [0.717, 1.165) is 24.1 Å². The Hall–Kier alpha value is -1.00. The summed E-state index contributed by atoms with van der Waals surface area (Å²) < 4.78 is 5.22. The van der Waals surface area contributed by atoms with Crippen molar-refractivity contribution in [3.8, 4) is 0 Å².